The highest BCUT2D eigenvalue weighted by atomic mass is 16.5. The number of carboxylic acids is 1. The molecule has 2 heterocycles. The van der Waals surface area contributed by atoms with Gasteiger partial charge in [0.25, 0.3) is 5.91 Å². The highest BCUT2D eigenvalue weighted by molar-refractivity contribution is 5.95. The van der Waals surface area contributed by atoms with Gasteiger partial charge in [0.15, 0.2) is 0 Å². The highest BCUT2D eigenvalue weighted by Crippen LogP contribution is 2.28. The molecule has 6 heteroatoms. The summed E-state index contributed by atoms with van der Waals surface area (Å²) in [5, 5.41) is 10.3. The number of aromatic nitrogens is 1. The molecule has 1 aromatic heterocycles. The fourth-order valence-corrected chi connectivity index (χ4v) is 4.83. The minimum atomic E-state index is -0.793. The number of hydrogen-bond acceptors (Lipinski definition) is 3. The molecule has 5 rings (SSSR count). The number of benzene rings is 3. The van der Waals surface area contributed by atoms with Crippen LogP contribution in [0.25, 0.3) is 16.6 Å². The standard InChI is InChI=1S/C30H30N2O4/c33-29(34)14-11-23-10-13-28-27(19-23)25(12-9-22-5-2-1-3-6-22)21-32(28)26-8-4-7-24(20-26)30(35)31-15-17-36-18-16-31/h1-8,10,13,19-21H,9,11-12,14-18H2,(H,33,34). The van der Waals surface area contributed by atoms with Crippen LogP contribution in [0.1, 0.15) is 33.5 Å². The number of hydrogen-bond donors (Lipinski definition) is 1. The van der Waals surface area contributed by atoms with Gasteiger partial charge < -0.3 is 19.3 Å². The summed E-state index contributed by atoms with van der Waals surface area (Å²) in [6, 6.07) is 24.4. The molecule has 1 saturated heterocycles. The number of ether oxygens (including phenoxy) is 1. The summed E-state index contributed by atoms with van der Waals surface area (Å²) in [4.78, 5) is 26.1. The first-order valence-corrected chi connectivity index (χ1v) is 12.4. The van der Waals surface area contributed by atoms with Crippen LogP contribution in [0.15, 0.2) is 79.0 Å². The lowest BCUT2D eigenvalue weighted by molar-refractivity contribution is -0.136. The Morgan fingerprint density at radius 3 is 2.42 bits per heavy atom. The van der Waals surface area contributed by atoms with Crippen molar-refractivity contribution in [1.29, 1.82) is 0 Å². The van der Waals surface area contributed by atoms with Crippen LogP contribution < -0.4 is 0 Å². The average Bonchev–Trinajstić information content (AvgIpc) is 3.29. The van der Waals surface area contributed by atoms with E-state index >= 15 is 0 Å². The highest BCUT2D eigenvalue weighted by Gasteiger charge is 2.19. The predicted octanol–water partition coefficient (Wildman–Crippen LogP) is 4.91. The van der Waals surface area contributed by atoms with E-state index in [1.54, 1.807) is 0 Å². The lowest BCUT2D eigenvalue weighted by Crippen LogP contribution is -2.40. The van der Waals surface area contributed by atoms with Gasteiger partial charge in [0.05, 0.1) is 18.7 Å². The number of nitrogens with zero attached hydrogens (tertiary/aromatic N) is 2. The predicted molar refractivity (Wildman–Crippen MR) is 140 cm³/mol. The fraction of sp³-hybridized carbons (Fsp3) is 0.267. The maximum atomic E-state index is 13.1. The monoisotopic (exact) mass is 482 g/mol. The Bertz CT molecular complexity index is 1370. The van der Waals surface area contributed by atoms with Gasteiger partial charge in [0.2, 0.25) is 0 Å². The molecule has 36 heavy (non-hydrogen) atoms. The second kappa shape index (κ2) is 10.8. The Morgan fingerprint density at radius 1 is 0.833 bits per heavy atom. The number of rotatable bonds is 8. The molecule has 184 valence electrons. The Kier molecular flexibility index (Phi) is 7.14. The number of carbonyl (C=O) groups is 2. The molecule has 4 aromatic rings. The molecule has 1 aliphatic rings. The number of carbonyl (C=O) groups excluding carboxylic acids is 1. The maximum absolute atomic E-state index is 13.1. The molecule has 0 saturated carbocycles. The molecule has 0 aliphatic carbocycles. The van der Waals surface area contributed by atoms with Gasteiger partial charge in [0, 0.05) is 42.3 Å². The van der Waals surface area contributed by atoms with Crippen molar-refractivity contribution in [1.82, 2.24) is 9.47 Å². The third kappa shape index (κ3) is 5.34. The quantitative estimate of drug-likeness (QED) is 0.388. The Hall–Kier alpha value is -3.90. The van der Waals surface area contributed by atoms with Gasteiger partial charge in [-0.2, -0.15) is 0 Å². The van der Waals surface area contributed by atoms with Crippen molar-refractivity contribution in [2.75, 3.05) is 26.3 Å². The third-order valence-corrected chi connectivity index (χ3v) is 6.77. The van der Waals surface area contributed by atoms with Crippen LogP contribution in [0.4, 0.5) is 0 Å². The van der Waals surface area contributed by atoms with Crippen molar-refractivity contribution in [3.05, 3.63) is 101 Å². The number of fused-ring (bicyclic) bond motifs is 1. The number of amides is 1. The summed E-state index contributed by atoms with van der Waals surface area (Å²) in [7, 11) is 0. The molecule has 0 spiro atoms. The molecule has 1 amide bonds. The summed E-state index contributed by atoms with van der Waals surface area (Å²) in [5.41, 5.74) is 6.14. The summed E-state index contributed by atoms with van der Waals surface area (Å²) in [6.07, 6.45) is 4.54. The first-order chi connectivity index (χ1) is 17.6. The van der Waals surface area contributed by atoms with Gasteiger partial charge in [-0.1, -0.05) is 42.5 Å². The molecule has 1 N–H and O–H groups in total. The Balaban J connectivity index is 1.50. The van der Waals surface area contributed by atoms with E-state index in [4.69, 9.17) is 9.84 Å². The molecular weight excluding hydrogens is 452 g/mol. The molecule has 0 bridgehead atoms. The van der Waals surface area contributed by atoms with Crippen molar-refractivity contribution in [3.63, 3.8) is 0 Å². The van der Waals surface area contributed by atoms with Crippen molar-refractivity contribution in [2.24, 2.45) is 0 Å². The topological polar surface area (TPSA) is 71.8 Å². The van der Waals surface area contributed by atoms with E-state index in [0.717, 1.165) is 35.0 Å². The minimum Gasteiger partial charge on any atom is -0.481 e. The van der Waals surface area contributed by atoms with Crippen LogP contribution in [0, 0.1) is 0 Å². The van der Waals surface area contributed by atoms with E-state index in [2.05, 4.69) is 47.2 Å². The smallest absolute Gasteiger partial charge is 0.303 e. The summed E-state index contributed by atoms with van der Waals surface area (Å²) >= 11 is 0. The molecule has 1 fully saturated rings. The van der Waals surface area contributed by atoms with E-state index < -0.39 is 5.97 Å². The molecule has 0 radical (unpaired) electrons. The molecule has 3 aromatic carbocycles. The van der Waals surface area contributed by atoms with Crippen LogP contribution in [-0.2, 0) is 28.8 Å². The molecule has 6 nitrogen and oxygen atoms in total. The van der Waals surface area contributed by atoms with E-state index in [1.807, 2.05) is 41.3 Å². The van der Waals surface area contributed by atoms with Crippen molar-refractivity contribution in [3.8, 4) is 5.69 Å². The zero-order valence-electron chi connectivity index (χ0n) is 20.2. The zero-order chi connectivity index (χ0) is 24.9. The number of morpholine rings is 1. The average molecular weight is 483 g/mol. The van der Waals surface area contributed by atoms with E-state index in [9.17, 15) is 9.59 Å². The largest absolute Gasteiger partial charge is 0.481 e. The SMILES string of the molecule is O=C(O)CCc1ccc2c(c1)c(CCc1ccccc1)cn2-c1cccc(C(=O)N2CCOCC2)c1. The van der Waals surface area contributed by atoms with Crippen molar-refractivity contribution in [2.45, 2.75) is 25.7 Å². The van der Waals surface area contributed by atoms with Gasteiger partial charge in [-0.05, 0) is 66.3 Å². The summed E-state index contributed by atoms with van der Waals surface area (Å²) < 4.78 is 7.54. The summed E-state index contributed by atoms with van der Waals surface area (Å²) in [5.74, 6) is -0.768. The number of carboxylic acid groups (broad SMARTS) is 1. The molecular formula is C30H30N2O4. The van der Waals surface area contributed by atoms with Gasteiger partial charge in [-0.3, -0.25) is 9.59 Å². The van der Waals surface area contributed by atoms with Crippen LogP contribution in [-0.4, -0.2) is 52.8 Å². The number of aryl methyl sites for hydroxylation is 3. The maximum Gasteiger partial charge on any atom is 0.303 e. The van der Waals surface area contributed by atoms with Crippen LogP contribution in [0.2, 0.25) is 0 Å². The second-order valence-electron chi connectivity index (χ2n) is 9.21. The molecule has 1 aliphatic heterocycles. The van der Waals surface area contributed by atoms with E-state index in [1.165, 1.54) is 11.1 Å². The minimum absolute atomic E-state index is 0.0249. The zero-order valence-corrected chi connectivity index (χ0v) is 20.2. The fourth-order valence-electron chi connectivity index (χ4n) is 4.83. The van der Waals surface area contributed by atoms with Gasteiger partial charge in [-0.15, -0.1) is 0 Å². The molecule has 0 atom stereocenters. The Labute approximate surface area is 210 Å². The van der Waals surface area contributed by atoms with Crippen molar-refractivity contribution < 1.29 is 19.4 Å². The van der Waals surface area contributed by atoms with Crippen LogP contribution in [0.3, 0.4) is 0 Å². The van der Waals surface area contributed by atoms with Crippen molar-refractivity contribution >= 4 is 22.8 Å². The van der Waals surface area contributed by atoms with Gasteiger partial charge >= 0.3 is 5.97 Å². The first kappa shape index (κ1) is 23.8. The molecule has 0 unspecified atom stereocenters. The lowest BCUT2D eigenvalue weighted by Gasteiger charge is -2.27. The van der Waals surface area contributed by atoms with Gasteiger partial charge in [-0.25, -0.2) is 0 Å². The number of aliphatic carboxylic acids is 1. The lowest BCUT2D eigenvalue weighted by atomic mass is 10.0. The summed E-state index contributed by atoms with van der Waals surface area (Å²) in [6.45, 7) is 2.36. The normalized spacial score (nSPS) is 13.7. The first-order valence-electron chi connectivity index (χ1n) is 12.4. The van der Waals surface area contributed by atoms with Gasteiger partial charge in [0.1, 0.15) is 0 Å². The van der Waals surface area contributed by atoms with E-state index in [0.29, 0.717) is 38.3 Å². The third-order valence-electron chi connectivity index (χ3n) is 6.77. The Morgan fingerprint density at radius 2 is 1.64 bits per heavy atom. The van der Waals surface area contributed by atoms with E-state index in [-0.39, 0.29) is 12.3 Å². The van der Waals surface area contributed by atoms with Crippen LogP contribution in [0.5, 0.6) is 0 Å². The second-order valence-corrected chi connectivity index (χ2v) is 9.21. The van der Waals surface area contributed by atoms with Crippen LogP contribution >= 0.6 is 0 Å².